The lowest BCUT2D eigenvalue weighted by molar-refractivity contribution is 0.248. The van der Waals surface area contributed by atoms with Crippen LogP contribution in [0.25, 0.3) is 11.1 Å². The molecule has 8 nitrogen and oxygen atoms in total. The molecule has 0 amide bonds. The summed E-state index contributed by atoms with van der Waals surface area (Å²) >= 11 is 0. The molecule has 1 aromatic heterocycles. The summed E-state index contributed by atoms with van der Waals surface area (Å²) in [6.07, 6.45) is 3.72. The monoisotopic (exact) mass is 450 g/mol. The Bertz CT molecular complexity index is 1070. The highest BCUT2D eigenvalue weighted by molar-refractivity contribution is 5.66. The van der Waals surface area contributed by atoms with Crippen LogP contribution in [0.2, 0.25) is 0 Å². The van der Waals surface area contributed by atoms with Crippen molar-refractivity contribution in [1.82, 2.24) is 14.9 Å². The number of nitrogens with zero attached hydrogens (tertiary/aromatic N) is 4. The number of aromatic nitrogens is 2. The van der Waals surface area contributed by atoms with Gasteiger partial charge in [-0.15, -0.1) is 0 Å². The van der Waals surface area contributed by atoms with Gasteiger partial charge in [0, 0.05) is 50.7 Å². The van der Waals surface area contributed by atoms with E-state index >= 15 is 0 Å². The molecule has 1 fully saturated rings. The van der Waals surface area contributed by atoms with Gasteiger partial charge in [-0.1, -0.05) is 12.1 Å². The van der Waals surface area contributed by atoms with Crippen LogP contribution in [0.15, 0.2) is 48.8 Å². The molecule has 0 aliphatic carbocycles. The summed E-state index contributed by atoms with van der Waals surface area (Å²) in [5.41, 5.74) is 3.13. The molecule has 0 spiro atoms. The molecule has 0 unspecified atom stereocenters. The van der Waals surface area contributed by atoms with Crippen LogP contribution in [-0.4, -0.2) is 69.5 Å². The summed E-state index contributed by atoms with van der Waals surface area (Å²) in [6, 6.07) is 11.9. The van der Waals surface area contributed by atoms with E-state index in [-0.39, 0.29) is 0 Å². The number of hydrogen-bond acceptors (Lipinski definition) is 8. The Labute approximate surface area is 194 Å². The predicted octanol–water partition coefficient (Wildman–Crippen LogP) is 3.50. The molecule has 0 saturated carbocycles. The molecule has 0 atom stereocenters. The van der Waals surface area contributed by atoms with Gasteiger partial charge in [-0.3, -0.25) is 4.90 Å². The van der Waals surface area contributed by atoms with Gasteiger partial charge in [0.25, 0.3) is 0 Å². The van der Waals surface area contributed by atoms with E-state index in [0.717, 1.165) is 61.3 Å². The van der Waals surface area contributed by atoms with E-state index in [1.807, 2.05) is 42.7 Å². The highest BCUT2D eigenvalue weighted by atomic mass is 16.5. The van der Waals surface area contributed by atoms with Gasteiger partial charge in [-0.05, 0) is 35.4 Å². The molecule has 1 saturated heterocycles. The van der Waals surface area contributed by atoms with Gasteiger partial charge in [-0.25, -0.2) is 9.97 Å². The number of piperazine rings is 1. The topological polar surface area (TPSA) is 69.2 Å². The van der Waals surface area contributed by atoms with Gasteiger partial charge in [-0.2, -0.15) is 0 Å². The molecule has 33 heavy (non-hydrogen) atoms. The van der Waals surface area contributed by atoms with E-state index in [0.29, 0.717) is 11.5 Å². The summed E-state index contributed by atoms with van der Waals surface area (Å²) in [5, 5.41) is 0. The molecule has 1 aliphatic rings. The first-order chi connectivity index (χ1) is 16.1. The Kier molecular flexibility index (Phi) is 7.14. The second-order valence-corrected chi connectivity index (χ2v) is 7.79. The Morgan fingerprint density at radius 3 is 1.85 bits per heavy atom. The summed E-state index contributed by atoms with van der Waals surface area (Å²) in [7, 11) is 6.57. The quantitative estimate of drug-likeness (QED) is 0.517. The lowest BCUT2D eigenvalue weighted by Crippen LogP contribution is -2.46. The molecule has 1 aliphatic heterocycles. The second kappa shape index (κ2) is 10.4. The number of rotatable bonds is 8. The van der Waals surface area contributed by atoms with E-state index < -0.39 is 0 Å². The van der Waals surface area contributed by atoms with Gasteiger partial charge in [0.1, 0.15) is 0 Å². The normalized spacial score (nSPS) is 14.1. The van der Waals surface area contributed by atoms with Crippen LogP contribution in [0.4, 0.5) is 5.95 Å². The van der Waals surface area contributed by atoms with Crippen LogP contribution in [0.3, 0.4) is 0 Å². The Hall–Kier alpha value is -3.52. The Balaban J connectivity index is 1.36. The molecule has 3 aromatic rings. The number of benzene rings is 2. The largest absolute Gasteiger partial charge is 0.493 e. The van der Waals surface area contributed by atoms with Crippen molar-refractivity contribution in [2.45, 2.75) is 6.54 Å². The zero-order valence-corrected chi connectivity index (χ0v) is 19.6. The van der Waals surface area contributed by atoms with Crippen molar-refractivity contribution in [2.24, 2.45) is 0 Å². The lowest BCUT2D eigenvalue weighted by atomic mass is 10.1. The average molecular weight is 451 g/mol. The van der Waals surface area contributed by atoms with Crippen LogP contribution < -0.4 is 23.8 Å². The smallest absolute Gasteiger partial charge is 0.225 e. The molecule has 0 bridgehead atoms. The van der Waals surface area contributed by atoms with Gasteiger partial charge < -0.3 is 23.8 Å². The number of methoxy groups -OCH3 is 4. The first-order valence-electron chi connectivity index (χ1n) is 10.9. The van der Waals surface area contributed by atoms with Crippen molar-refractivity contribution in [3.63, 3.8) is 0 Å². The van der Waals surface area contributed by atoms with Crippen molar-refractivity contribution >= 4 is 5.95 Å². The van der Waals surface area contributed by atoms with Gasteiger partial charge in [0.15, 0.2) is 23.0 Å². The molecule has 2 heterocycles. The zero-order chi connectivity index (χ0) is 23.2. The third-order valence-corrected chi connectivity index (χ3v) is 5.86. The summed E-state index contributed by atoms with van der Waals surface area (Å²) in [4.78, 5) is 13.9. The lowest BCUT2D eigenvalue weighted by Gasteiger charge is -2.34. The first-order valence-corrected chi connectivity index (χ1v) is 10.9. The molecule has 0 radical (unpaired) electrons. The molecular formula is C25H30N4O4. The molecule has 2 aromatic carbocycles. The minimum atomic E-state index is 0.685. The van der Waals surface area contributed by atoms with Crippen molar-refractivity contribution < 1.29 is 18.9 Å². The van der Waals surface area contributed by atoms with Crippen LogP contribution in [0.5, 0.6) is 23.0 Å². The first kappa shape index (κ1) is 22.7. The summed E-state index contributed by atoms with van der Waals surface area (Å²) in [6.45, 7) is 4.50. The molecule has 0 N–H and O–H groups in total. The predicted molar refractivity (Wildman–Crippen MR) is 128 cm³/mol. The maximum atomic E-state index is 5.43. The number of anilines is 1. The van der Waals surface area contributed by atoms with Gasteiger partial charge >= 0.3 is 0 Å². The Morgan fingerprint density at radius 2 is 1.24 bits per heavy atom. The highest BCUT2D eigenvalue weighted by Crippen LogP contribution is 2.32. The Morgan fingerprint density at radius 1 is 0.667 bits per heavy atom. The molecule has 174 valence electrons. The van der Waals surface area contributed by atoms with Crippen LogP contribution in [0, 0.1) is 0 Å². The second-order valence-electron chi connectivity index (χ2n) is 7.79. The third kappa shape index (κ3) is 5.12. The fraction of sp³-hybridized carbons (Fsp3) is 0.360. The van der Waals surface area contributed by atoms with Crippen molar-refractivity contribution in [2.75, 3.05) is 59.5 Å². The zero-order valence-electron chi connectivity index (χ0n) is 19.6. The van der Waals surface area contributed by atoms with E-state index in [2.05, 4.69) is 25.8 Å². The highest BCUT2D eigenvalue weighted by Gasteiger charge is 2.20. The summed E-state index contributed by atoms with van der Waals surface area (Å²) < 4.78 is 21.5. The SMILES string of the molecule is COc1ccc(CN2CCN(c3ncc(-c4ccc(OC)c(OC)c4)cn3)CC2)cc1OC. The maximum absolute atomic E-state index is 5.43. The maximum Gasteiger partial charge on any atom is 0.225 e. The fourth-order valence-electron chi connectivity index (χ4n) is 3.99. The van der Waals surface area contributed by atoms with Gasteiger partial charge in [0.2, 0.25) is 5.95 Å². The minimum absolute atomic E-state index is 0.685. The molecular weight excluding hydrogens is 420 g/mol. The average Bonchev–Trinajstić information content (AvgIpc) is 2.88. The summed E-state index contributed by atoms with van der Waals surface area (Å²) in [5.74, 6) is 3.65. The van der Waals surface area contributed by atoms with E-state index in [9.17, 15) is 0 Å². The van der Waals surface area contributed by atoms with Crippen LogP contribution in [0.1, 0.15) is 5.56 Å². The van der Waals surface area contributed by atoms with Crippen molar-refractivity contribution in [3.8, 4) is 34.1 Å². The van der Waals surface area contributed by atoms with Gasteiger partial charge in [0.05, 0.1) is 28.4 Å². The van der Waals surface area contributed by atoms with E-state index in [1.54, 1.807) is 28.4 Å². The van der Waals surface area contributed by atoms with Crippen molar-refractivity contribution in [1.29, 1.82) is 0 Å². The third-order valence-electron chi connectivity index (χ3n) is 5.86. The van der Waals surface area contributed by atoms with E-state index in [4.69, 9.17) is 18.9 Å². The van der Waals surface area contributed by atoms with Crippen LogP contribution >= 0.6 is 0 Å². The van der Waals surface area contributed by atoms with Crippen molar-refractivity contribution in [3.05, 3.63) is 54.4 Å². The standard InChI is InChI=1S/C25H30N4O4/c1-30-21-7-5-18(13-23(21)32-3)17-28-9-11-29(12-10-28)25-26-15-20(16-27-25)19-6-8-22(31-2)24(14-19)33-4/h5-8,13-16H,9-12,17H2,1-4H3. The molecule has 4 rings (SSSR count). The molecule has 8 heteroatoms. The number of ether oxygens (including phenoxy) is 4. The fourth-order valence-corrected chi connectivity index (χ4v) is 3.99. The minimum Gasteiger partial charge on any atom is -0.493 e. The number of hydrogen-bond donors (Lipinski definition) is 0. The van der Waals surface area contributed by atoms with E-state index in [1.165, 1.54) is 5.56 Å². The van der Waals surface area contributed by atoms with Crippen LogP contribution in [-0.2, 0) is 6.54 Å².